The summed E-state index contributed by atoms with van der Waals surface area (Å²) >= 11 is 6.86. The van der Waals surface area contributed by atoms with Crippen molar-refractivity contribution in [2.75, 3.05) is 5.75 Å². The van der Waals surface area contributed by atoms with Crippen molar-refractivity contribution in [2.24, 2.45) is 0 Å². The van der Waals surface area contributed by atoms with Gasteiger partial charge in [0.2, 0.25) is 5.89 Å². The highest BCUT2D eigenvalue weighted by atomic mass is 35.5. The zero-order valence-electron chi connectivity index (χ0n) is 8.34. The van der Waals surface area contributed by atoms with Crippen molar-refractivity contribution >= 4 is 23.4 Å². The van der Waals surface area contributed by atoms with Gasteiger partial charge in [0.15, 0.2) is 0 Å². The predicted octanol–water partition coefficient (Wildman–Crippen LogP) is 3.58. The minimum absolute atomic E-state index is 0.540. The number of aromatic nitrogens is 2. The molecule has 2 rings (SSSR count). The molecule has 0 spiro atoms. The topological polar surface area (TPSA) is 38.9 Å². The molecular formula is C11H9ClN2OS. The van der Waals surface area contributed by atoms with Crippen LogP contribution >= 0.6 is 23.4 Å². The highest BCUT2D eigenvalue weighted by Crippen LogP contribution is 2.22. The van der Waals surface area contributed by atoms with Crippen molar-refractivity contribution < 1.29 is 4.42 Å². The number of nitrogens with zero attached hydrogens (tertiary/aromatic N) is 2. The molecule has 5 heteroatoms. The van der Waals surface area contributed by atoms with Crippen LogP contribution in [0.2, 0.25) is 0 Å². The van der Waals surface area contributed by atoms with Gasteiger partial charge in [-0.2, -0.15) is 0 Å². The summed E-state index contributed by atoms with van der Waals surface area (Å²) in [7, 11) is 0. The van der Waals surface area contributed by atoms with Gasteiger partial charge in [0.1, 0.15) is 0 Å². The number of benzene rings is 1. The van der Waals surface area contributed by atoms with E-state index in [9.17, 15) is 0 Å². The quantitative estimate of drug-likeness (QED) is 0.780. The molecule has 0 saturated carbocycles. The average Bonchev–Trinajstić information content (AvgIpc) is 2.79. The van der Waals surface area contributed by atoms with Gasteiger partial charge in [-0.1, -0.05) is 47.6 Å². The summed E-state index contributed by atoms with van der Waals surface area (Å²) in [4.78, 5) is 0. The predicted molar refractivity (Wildman–Crippen MR) is 65.5 cm³/mol. The lowest BCUT2D eigenvalue weighted by atomic mass is 10.2. The Labute approximate surface area is 103 Å². The number of halogens is 1. The summed E-state index contributed by atoms with van der Waals surface area (Å²) in [6.07, 6.45) is 1.82. The van der Waals surface area contributed by atoms with E-state index in [1.165, 1.54) is 17.3 Å². The highest BCUT2D eigenvalue weighted by Gasteiger charge is 2.07. The second kappa shape index (κ2) is 5.72. The Hall–Kier alpha value is -1.26. The largest absolute Gasteiger partial charge is 0.411 e. The van der Waals surface area contributed by atoms with Gasteiger partial charge in [-0.3, -0.25) is 0 Å². The molecule has 82 valence electrons. The third-order valence-electron chi connectivity index (χ3n) is 1.82. The zero-order valence-corrected chi connectivity index (χ0v) is 9.91. The van der Waals surface area contributed by atoms with E-state index in [1.807, 2.05) is 36.4 Å². The standard InChI is InChI=1S/C11H9ClN2OS/c12-7-4-8-16-11-14-13-10(15-11)9-5-2-1-3-6-9/h1-7H,8H2. The number of hydrogen-bond acceptors (Lipinski definition) is 4. The van der Waals surface area contributed by atoms with Crippen LogP contribution in [0.4, 0.5) is 0 Å². The van der Waals surface area contributed by atoms with Crippen LogP contribution in [0.25, 0.3) is 11.5 Å². The molecule has 2 aromatic rings. The van der Waals surface area contributed by atoms with Crippen LogP contribution in [0.15, 0.2) is 51.6 Å². The minimum atomic E-state index is 0.540. The van der Waals surface area contributed by atoms with Gasteiger partial charge in [0.25, 0.3) is 5.22 Å². The lowest BCUT2D eigenvalue weighted by molar-refractivity contribution is 0.466. The van der Waals surface area contributed by atoms with E-state index in [-0.39, 0.29) is 0 Å². The summed E-state index contributed by atoms with van der Waals surface area (Å²) in [6.45, 7) is 0. The minimum Gasteiger partial charge on any atom is -0.411 e. The van der Waals surface area contributed by atoms with Gasteiger partial charge in [-0.15, -0.1) is 10.2 Å². The van der Waals surface area contributed by atoms with E-state index in [1.54, 1.807) is 0 Å². The Balaban J connectivity index is 2.08. The van der Waals surface area contributed by atoms with E-state index in [0.29, 0.717) is 11.1 Å². The van der Waals surface area contributed by atoms with Crippen molar-refractivity contribution in [3.05, 3.63) is 41.9 Å². The van der Waals surface area contributed by atoms with Crippen LogP contribution in [-0.4, -0.2) is 16.0 Å². The number of rotatable bonds is 4. The Morgan fingerprint density at radius 2 is 2.06 bits per heavy atom. The van der Waals surface area contributed by atoms with Crippen molar-refractivity contribution in [3.8, 4) is 11.5 Å². The second-order valence-electron chi connectivity index (χ2n) is 2.91. The van der Waals surface area contributed by atoms with Gasteiger partial charge in [0.05, 0.1) is 0 Å². The summed E-state index contributed by atoms with van der Waals surface area (Å²) in [5.41, 5.74) is 2.40. The van der Waals surface area contributed by atoms with Crippen molar-refractivity contribution in [1.82, 2.24) is 10.2 Å². The molecule has 0 aliphatic carbocycles. The van der Waals surface area contributed by atoms with Gasteiger partial charge in [-0.25, -0.2) is 0 Å². The number of thioether (sulfide) groups is 1. The molecule has 0 radical (unpaired) electrons. The molecule has 0 bridgehead atoms. The molecule has 0 unspecified atom stereocenters. The van der Waals surface area contributed by atoms with E-state index >= 15 is 0 Å². The van der Waals surface area contributed by atoms with Gasteiger partial charge >= 0.3 is 0 Å². The molecule has 0 fully saturated rings. The number of hydrogen-bond donors (Lipinski definition) is 0. The molecule has 3 nitrogen and oxygen atoms in total. The summed E-state index contributed by atoms with van der Waals surface area (Å²) in [6, 6.07) is 9.67. The molecule has 1 aromatic heterocycles. The van der Waals surface area contributed by atoms with E-state index in [4.69, 9.17) is 16.0 Å². The fraction of sp³-hybridized carbons (Fsp3) is 0.0909. The SMILES string of the molecule is ClC=CCSc1nnc(-c2ccccc2)o1. The molecule has 1 aromatic carbocycles. The van der Waals surface area contributed by atoms with Crippen LogP contribution in [0, 0.1) is 0 Å². The van der Waals surface area contributed by atoms with Crippen LogP contribution in [0.3, 0.4) is 0 Å². The maximum absolute atomic E-state index is 5.48. The first-order valence-corrected chi connectivity index (χ1v) is 6.09. The van der Waals surface area contributed by atoms with Gasteiger partial charge in [-0.05, 0) is 12.1 Å². The van der Waals surface area contributed by atoms with Crippen molar-refractivity contribution in [3.63, 3.8) is 0 Å². The maximum Gasteiger partial charge on any atom is 0.277 e. The Morgan fingerprint density at radius 1 is 1.25 bits per heavy atom. The van der Waals surface area contributed by atoms with E-state index < -0.39 is 0 Å². The van der Waals surface area contributed by atoms with Crippen LogP contribution in [0.5, 0.6) is 0 Å². The molecule has 16 heavy (non-hydrogen) atoms. The highest BCUT2D eigenvalue weighted by molar-refractivity contribution is 7.99. The normalized spacial score (nSPS) is 11.1. The van der Waals surface area contributed by atoms with Gasteiger partial charge in [0, 0.05) is 16.9 Å². The van der Waals surface area contributed by atoms with Crippen LogP contribution < -0.4 is 0 Å². The molecule has 0 saturated heterocycles. The van der Waals surface area contributed by atoms with Gasteiger partial charge < -0.3 is 4.42 Å². The fourth-order valence-electron chi connectivity index (χ4n) is 1.12. The monoisotopic (exact) mass is 252 g/mol. The molecular weight excluding hydrogens is 244 g/mol. The van der Waals surface area contributed by atoms with Crippen molar-refractivity contribution in [2.45, 2.75) is 5.22 Å². The Morgan fingerprint density at radius 3 is 2.81 bits per heavy atom. The molecule has 0 N–H and O–H groups in total. The summed E-state index contributed by atoms with van der Waals surface area (Å²) < 4.78 is 5.48. The molecule has 0 aliphatic rings. The van der Waals surface area contributed by atoms with E-state index in [2.05, 4.69) is 10.2 Å². The van der Waals surface area contributed by atoms with E-state index in [0.717, 1.165) is 11.3 Å². The molecule has 0 amide bonds. The second-order valence-corrected chi connectivity index (χ2v) is 4.14. The first-order valence-electron chi connectivity index (χ1n) is 4.67. The third-order valence-corrected chi connectivity index (χ3v) is 2.77. The third kappa shape index (κ3) is 2.87. The average molecular weight is 253 g/mol. The van der Waals surface area contributed by atoms with Crippen molar-refractivity contribution in [1.29, 1.82) is 0 Å². The molecule has 0 atom stereocenters. The molecule has 1 heterocycles. The lowest BCUT2D eigenvalue weighted by Gasteiger charge is -1.91. The van der Waals surface area contributed by atoms with Crippen LogP contribution in [0.1, 0.15) is 0 Å². The summed E-state index contributed by atoms with van der Waals surface area (Å²) in [5.74, 6) is 1.26. The Bertz CT molecular complexity index is 470. The Kier molecular flexibility index (Phi) is 4.02. The zero-order chi connectivity index (χ0) is 11.2. The molecule has 0 aliphatic heterocycles. The smallest absolute Gasteiger partial charge is 0.277 e. The first kappa shape index (κ1) is 11.2. The maximum atomic E-state index is 5.48. The fourth-order valence-corrected chi connectivity index (χ4v) is 1.89. The lowest BCUT2D eigenvalue weighted by Crippen LogP contribution is -1.75. The summed E-state index contributed by atoms with van der Waals surface area (Å²) in [5, 5.41) is 8.45. The van der Waals surface area contributed by atoms with Crippen LogP contribution in [-0.2, 0) is 0 Å². The first-order chi connectivity index (χ1) is 7.90.